The third kappa shape index (κ3) is 3.21. The Bertz CT molecular complexity index is 172. The van der Waals surface area contributed by atoms with Crippen molar-refractivity contribution in [2.45, 2.75) is 72.4 Å². The molecule has 1 aliphatic heterocycles. The van der Waals surface area contributed by atoms with E-state index < -0.39 is 0 Å². The lowest BCUT2D eigenvalue weighted by molar-refractivity contribution is 0.0309. The summed E-state index contributed by atoms with van der Waals surface area (Å²) in [6.07, 6.45) is 5.64. The largest absolute Gasteiger partial charge is 0.297 e. The van der Waals surface area contributed by atoms with Crippen LogP contribution >= 0.6 is 0 Å². The average molecular weight is 211 g/mol. The summed E-state index contributed by atoms with van der Waals surface area (Å²) in [5.41, 5.74) is 0. The first-order chi connectivity index (χ1) is 7.07. The Kier molecular flexibility index (Phi) is 5.11. The van der Waals surface area contributed by atoms with Gasteiger partial charge < -0.3 is 0 Å². The van der Waals surface area contributed by atoms with Gasteiger partial charge >= 0.3 is 0 Å². The van der Waals surface area contributed by atoms with Crippen molar-refractivity contribution >= 4 is 0 Å². The van der Waals surface area contributed by atoms with E-state index in [9.17, 15) is 0 Å². The lowest BCUT2D eigenvalue weighted by atomic mass is 9.79. The van der Waals surface area contributed by atoms with Crippen molar-refractivity contribution in [1.82, 2.24) is 4.90 Å². The zero-order valence-electron chi connectivity index (χ0n) is 11.3. The molecule has 0 amide bonds. The van der Waals surface area contributed by atoms with Crippen LogP contribution in [0, 0.1) is 11.8 Å². The minimum atomic E-state index is 0.719. The summed E-state index contributed by atoms with van der Waals surface area (Å²) in [7, 11) is 0. The van der Waals surface area contributed by atoms with Crippen LogP contribution in [-0.4, -0.2) is 23.5 Å². The summed E-state index contributed by atoms with van der Waals surface area (Å²) < 4.78 is 0. The van der Waals surface area contributed by atoms with Crippen LogP contribution in [0.2, 0.25) is 0 Å². The molecule has 0 bridgehead atoms. The molecule has 0 saturated carbocycles. The van der Waals surface area contributed by atoms with Crippen LogP contribution in [0.1, 0.15) is 60.3 Å². The number of hydrogen-bond acceptors (Lipinski definition) is 1. The van der Waals surface area contributed by atoms with Crippen molar-refractivity contribution in [1.29, 1.82) is 0 Å². The Hall–Kier alpha value is -0.0400. The molecule has 0 radical (unpaired) electrons. The van der Waals surface area contributed by atoms with Crippen LogP contribution in [0.4, 0.5) is 0 Å². The Labute approximate surface area is 96.2 Å². The van der Waals surface area contributed by atoms with Crippen LogP contribution in [0.3, 0.4) is 0 Å². The lowest BCUT2D eigenvalue weighted by Crippen LogP contribution is -2.51. The van der Waals surface area contributed by atoms with Gasteiger partial charge in [0.25, 0.3) is 0 Å². The number of piperidine rings is 1. The highest BCUT2D eigenvalue weighted by Gasteiger charge is 2.33. The van der Waals surface area contributed by atoms with E-state index in [1.165, 1.54) is 32.2 Å². The summed E-state index contributed by atoms with van der Waals surface area (Å²) in [6, 6.07) is 1.55. The second kappa shape index (κ2) is 5.89. The highest BCUT2D eigenvalue weighted by molar-refractivity contribution is 4.87. The fraction of sp³-hybridized carbons (Fsp3) is 1.00. The van der Waals surface area contributed by atoms with Crippen molar-refractivity contribution in [2.75, 3.05) is 6.54 Å². The molecule has 0 aromatic carbocycles. The SMILES string of the molecule is CCCC1CCCN(C(C)C)[C@@H]1C(C)C. The van der Waals surface area contributed by atoms with Gasteiger partial charge in [-0.2, -0.15) is 0 Å². The Morgan fingerprint density at radius 1 is 1.20 bits per heavy atom. The molecule has 0 aliphatic carbocycles. The van der Waals surface area contributed by atoms with Crippen LogP contribution in [0.25, 0.3) is 0 Å². The van der Waals surface area contributed by atoms with E-state index in [-0.39, 0.29) is 0 Å². The molecule has 1 saturated heterocycles. The van der Waals surface area contributed by atoms with Crippen LogP contribution in [0.15, 0.2) is 0 Å². The van der Waals surface area contributed by atoms with Gasteiger partial charge in [0.05, 0.1) is 0 Å². The molecule has 1 unspecified atom stereocenters. The normalized spacial score (nSPS) is 29.0. The molecule has 0 aromatic rings. The summed E-state index contributed by atoms with van der Waals surface area (Å²) >= 11 is 0. The van der Waals surface area contributed by atoms with Gasteiger partial charge in [-0.3, -0.25) is 4.90 Å². The maximum Gasteiger partial charge on any atom is 0.0149 e. The molecular weight excluding hydrogens is 182 g/mol. The van der Waals surface area contributed by atoms with Gasteiger partial charge in [-0.05, 0) is 51.5 Å². The Morgan fingerprint density at radius 3 is 2.33 bits per heavy atom. The third-order valence-corrected chi connectivity index (χ3v) is 3.86. The zero-order chi connectivity index (χ0) is 11.4. The lowest BCUT2D eigenvalue weighted by Gasteiger charge is -2.46. The predicted molar refractivity (Wildman–Crippen MR) is 68.1 cm³/mol. The molecule has 0 aromatic heterocycles. The highest BCUT2D eigenvalue weighted by atomic mass is 15.2. The van der Waals surface area contributed by atoms with Gasteiger partial charge in [-0.1, -0.05) is 27.2 Å². The second-order valence-electron chi connectivity index (χ2n) is 5.76. The maximum absolute atomic E-state index is 2.74. The molecule has 1 heteroatoms. The highest BCUT2D eigenvalue weighted by Crippen LogP contribution is 2.33. The zero-order valence-corrected chi connectivity index (χ0v) is 11.3. The second-order valence-corrected chi connectivity index (χ2v) is 5.76. The van der Waals surface area contributed by atoms with E-state index in [4.69, 9.17) is 0 Å². The van der Waals surface area contributed by atoms with Gasteiger partial charge in [0, 0.05) is 12.1 Å². The predicted octanol–water partition coefficient (Wildman–Crippen LogP) is 3.93. The van der Waals surface area contributed by atoms with Crippen molar-refractivity contribution in [2.24, 2.45) is 11.8 Å². The van der Waals surface area contributed by atoms with Gasteiger partial charge in [-0.15, -0.1) is 0 Å². The molecular formula is C14H29N. The van der Waals surface area contributed by atoms with E-state index in [1.54, 1.807) is 0 Å². The van der Waals surface area contributed by atoms with E-state index in [0.29, 0.717) is 0 Å². The van der Waals surface area contributed by atoms with E-state index >= 15 is 0 Å². The van der Waals surface area contributed by atoms with E-state index in [0.717, 1.165) is 23.9 Å². The quantitative estimate of drug-likeness (QED) is 0.681. The van der Waals surface area contributed by atoms with E-state index in [1.807, 2.05) is 0 Å². The topological polar surface area (TPSA) is 3.24 Å². The standard InChI is InChI=1S/C14H29N/c1-6-8-13-9-7-10-15(12(4)5)14(13)11(2)3/h11-14H,6-10H2,1-5H3/t13?,14-/m1/s1. The van der Waals surface area contributed by atoms with Crippen molar-refractivity contribution in [3.8, 4) is 0 Å². The van der Waals surface area contributed by atoms with Gasteiger partial charge in [0.1, 0.15) is 0 Å². The molecule has 1 aliphatic rings. The van der Waals surface area contributed by atoms with Crippen LogP contribution < -0.4 is 0 Å². The van der Waals surface area contributed by atoms with Crippen molar-refractivity contribution < 1.29 is 0 Å². The first kappa shape index (κ1) is 13.0. The summed E-state index contributed by atoms with van der Waals surface area (Å²) in [5.74, 6) is 1.76. The number of nitrogens with zero attached hydrogens (tertiary/aromatic N) is 1. The Morgan fingerprint density at radius 2 is 1.87 bits per heavy atom. The van der Waals surface area contributed by atoms with Gasteiger partial charge in [0.15, 0.2) is 0 Å². The van der Waals surface area contributed by atoms with Gasteiger partial charge in [-0.25, -0.2) is 0 Å². The molecule has 1 fully saturated rings. The molecule has 0 spiro atoms. The monoisotopic (exact) mass is 211 g/mol. The van der Waals surface area contributed by atoms with Gasteiger partial charge in [0.2, 0.25) is 0 Å². The summed E-state index contributed by atoms with van der Waals surface area (Å²) in [6.45, 7) is 13.1. The smallest absolute Gasteiger partial charge is 0.0149 e. The fourth-order valence-electron chi connectivity index (χ4n) is 3.34. The van der Waals surface area contributed by atoms with Crippen LogP contribution in [-0.2, 0) is 0 Å². The number of rotatable bonds is 4. The molecule has 1 rings (SSSR count). The average Bonchev–Trinajstić information content (AvgIpc) is 2.17. The molecule has 1 nitrogen and oxygen atoms in total. The van der Waals surface area contributed by atoms with Crippen LogP contribution in [0.5, 0.6) is 0 Å². The van der Waals surface area contributed by atoms with E-state index in [2.05, 4.69) is 39.5 Å². The van der Waals surface area contributed by atoms with Crippen molar-refractivity contribution in [3.05, 3.63) is 0 Å². The Balaban J connectivity index is 2.71. The number of likely N-dealkylation sites (tertiary alicyclic amines) is 1. The first-order valence-electron chi connectivity index (χ1n) is 6.83. The third-order valence-electron chi connectivity index (χ3n) is 3.86. The van der Waals surface area contributed by atoms with Crippen molar-refractivity contribution in [3.63, 3.8) is 0 Å². The molecule has 90 valence electrons. The summed E-state index contributed by atoms with van der Waals surface area (Å²) in [5, 5.41) is 0. The molecule has 2 atom stereocenters. The molecule has 1 heterocycles. The first-order valence-corrected chi connectivity index (χ1v) is 6.83. The summed E-state index contributed by atoms with van der Waals surface area (Å²) in [4.78, 5) is 2.74. The fourth-order valence-corrected chi connectivity index (χ4v) is 3.34. The molecule has 15 heavy (non-hydrogen) atoms. The number of hydrogen-bond donors (Lipinski definition) is 0. The minimum Gasteiger partial charge on any atom is -0.297 e. The maximum atomic E-state index is 2.74. The minimum absolute atomic E-state index is 0.719. The molecule has 0 N–H and O–H groups in total.